The first-order chi connectivity index (χ1) is 11.7. The minimum absolute atomic E-state index is 0. The molecule has 1 aromatic rings. The number of ether oxygens (including phenoxy) is 1. The lowest BCUT2D eigenvalue weighted by Gasteiger charge is -2.17. The molecule has 2 N–H and O–H groups in total. The zero-order valence-electron chi connectivity index (χ0n) is 14.6. The molecular formula is C17H27IN4O3. The van der Waals surface area contributed by atoms with Crippen LogP contribution in [0.1, 0.15) is 37.7 Å². The number of guanidine groups is 1. The number of halogens is 1. The predicted octanol–water partition coefficient (Wildman–Crippen LogP) is 3.23. The molecule has 1 aliphatic carbocycles. The number of hydrogen-bond donors (Lipinski definition) is 2. The van der Waals surface area contributed by atoms with Crippen LogP contribution in [-0.4, -0.2) is 37.2 Å². The van der Waals surface area contributed by atoms with E-state index in [0.29, 0.717) is 19.2 Å². The van der Waals surface area contributed by atoms with Gasteiger partial charge in [0.2, 0.25) is 0 Å². The Hall–Kier alpha value is -1.42. The third-order valence-corrected chi connectivity index (χ3v) is 4.08. The molecule has 0 unspecified atom stereocenters. The number of nitrogens with zero attached hydrogens (tertiary/aromatic N) is 2. The number of non-ortho nitro benzene ring substituents is 1. The third-order valence-electron chi connectivity index (χ3n) is 4.08. The van der Waals surface area contributed by atoms with E-state index in [1.807, 2.05) is 0 Å². The van der Waals surface area contributed by atoms with Crippen LogP contribution in [0.5, 0.6) is 0 Å². The molecule has 0 bridgehead atoms. The monoisotopic (exact) mass is 462 g/mol. The van der Waals surface area contributed by atoms with Crippen molar-refractivity contribution in [1.82, 2.24) is 10.6 Å². The number of rotatable bonds is 8. The van der Waals surface area contributed by atoms with E-state index in [1.54, 1.807) is 19.2 Å². The normalized spacial score (nSPS) is 14.8. The molecular weight excluding hydrogens is 435 g/mol. The van der Waals surface area contributed by atoms with Crippen LogP contribution in [0.25, 0.3) is 0 Å². The average molecular weight is 462 g/mol. The van der Waals surface area contributed by atoms with Crippen molar-refractivity contribution in [2.75, 3.05) is 20.3 Å². The van der Waals surface area contributed by atoms with E-state index >= 15 is 0 Å². The lowest BCUT2D eigenvalue weighted by atomic mass is 10.2. The summed E-state index contributed by atoms with van der Waals surface area (Å²) < 4.78 is 5.06. The molecule has 25 heavy (non-hydrogen) atoms. The molecule has 140 valence electrons. The zero-order valence-corrected chi connectivity index (χ0v) is 16.9. The smallest absolute Gasteiger partial charge is 0.269 e. The zero-order chi connectivity index (χ0) is 17.2. The van der Waals surface area contributed by atoms with Crippen molar-refractivity contribution >= 4 is 35.6 Å². The summed E-state index contributed by atoms with van der Waals surface area (Å²) in [6.07, 6.45) is 5.79. The summed E-state index contributed by atoms with van der Waals surface area (Å²) in [5.41, 5.74) is 1.05. The first kappa shape index (κ1) is 21.6. The molecule has 2 rings (SSSR count). The maximum atomic E-state index is 10.7. The fraction of sp³-hybridized carbons (Fsp3) is 0.588. The van der Waals surface area contributed by atoms with Gasteiger partial charge in [0.25, 0.3) is 5.69 Å². The molecule has 0 aromatic heterocycles. The van der Waals surface area contributed by atoms with Gasteiger partial charge in [0, 0.05) is 38.4 Å². The van der Waals surface area contributed by atoms with E-state index in [-0.39, 0.29) is 29.7 Å². The second-order valence-electron chi connectivity index (χ2n) is 5.99. The lowest BCUT2D eigenvalue weighted by Crippen LogP contribution is -2.43. The van der Waals surface area contributed by atoms with Crippen LogP contribution in [0.4, 0.5) is 5.69 Å². The maximum absolute atomic E-state index is 10.7. The van der Waals surface area contributed by atoms with Gasteiger partial charge in [0.15, 0.2) is 5.96 Å². The molecule has 0 radical (unpaired) electrons. The summed E-state index contributed by atoms with van der Waals surface area (Å²) in [5.74, 6) is 0.802. The first-order valence-electron chi connectivity index (χ1n) is 8.46. The van der Waals surface area contributed by atoms with Crippen LogP contribution in [0.3, 0.4) is 0 Å². The minimum atomic E-state index is -0.391. The third kappa shape index (κ3) is 8.00. The number of benzene rings is 1. The number of nitro groups is 1. The van der Waals surface area contributed by atoms with Crippen molar-refractivity contribution < 1.29 is 9.66 Å². The van der Waals surface area contributed by atoms with Crippen molar-refractivity contribution in [2.24, 2.45) is 4.99 Å². The molecule has 0 atom stereocenters. The fourth-order valence-corrected chi connectivity index (χ4v) is 2.73. The molecule has 0 spiro atoms. The summed E-state index contributed by atoms with van der Waals surface area (Å²) in [7, 11) is 1.69. The van der Waals surface area contributed by atoms with E-state index in [9.17, 15) is 10.1 Å². The summed E-state index contributed by atoms with van der Waals surface area (Å²) in [5, 5.41) is 17.5. The summed E-state index contributed by atoms with van der Waals surface area (Å²) >= 11 is 0. The molecule has 7 nitrogen and oxygen atoms in total. The second-order valence-corrected chi connectivity index (χ2v) is 5.99. The Balaban J connectivity index is 0.00000312. The van der Waals surface area contributed by atoms with Crippen LogP contribution in [0, 0.1) is 10.1 Å². The SMILES string of the molecule is COCCCNC(=NCc1ccc([N+](=O)[O-])cc1)NC1CCCC1.I. The molecule has 0 heterocycles. The lowest BCUT2D eigenvalue weighted by molar-refractivity contribution is -0.384. The van der Waals surface area contributed by atoms with Gasteiger partial charge in [0.05, 0.1) is 11.5 Å². The number of nitro benzene ring substituents is 1. The molecule has 0 saturated heterocycles. The Bertz CT molecular complexity index is 545. The Kier molecular flexibility index (Phi) is 10.4. The highest BCUT2D eigenvalue weighted by atomic mass is 127. The van der Waals surface area contributed by atoms with Gasteiger partial charge in [-0.15, -0.1) is 24.0 Å². The Morgan fingerprint density at radius 3 is 2.60 bits per heavy atom. The van der Waals surface area contributed by atoms with E-state index in [2.05, 4.69) is 15.6 Å². The Morgan fingerprint density at radius 1 is 1.32 bits per heavy atom. The van der Waals surface area contributed by atoms with Crippen molar-refractivity contribution in [1.29, 1.82) is 0 Å². The van der Waals surface area contributed by atoms with Crippen LogP contribution in [-0.2, 0) is 11.3 Å². The Morgan fingerprint density at radius 2 is 2.00 bits per heavy atom. The highest BCUT2D eigenvalue weighted by Gasteiger charge is 2.16. The van der Waals surface area contributed by atoms with Gasteiger partial charge in [-0.1, -0.05) is 25.0 Å². The number of aliphatic imine (C=N–C) groups is 1. The average Bonchev–Trinajstić information content (AvgIpc) is 3.09. The molecule has 1 aromatic carbocycles. The van der Waals surface area contributed by atoms with Crippen LogP contribution in [0.15, 0.2) is 29.3 Å². The van der Waals surface area contributed by atoms with Crippen molar-refractivity contribution in [3.63, 3.8) is 0 Å². The van der Waals surface area contributed by atoms with E-state index < -0.39 is 4.92 Å². The highest BCUT2D eigenvalue weighted by Crippen LogP contribution is 2.17. The molecule has 1 saturated carbocycles. The minimum Gasteiger partial charge on any atom is -0.385 e. The van der Waals surface area contributed by atoms with E-state index in [0.717, 1.165) is 24.5 Å². The van der Waals surface area contributed by atoms with Gasteiger partial charge in [0.1, 0.15) is 0 Å². The van der Waals surface area contributed by atoms with E-state index in [1.165, 1.54) is 37.8 Å². The number of hydrogen-bond acceptors (Lipinski definition) is 4. The highest BCUT2D eigenvalue weighted by molar-refractivity contribution is 14.0. The molecule has 0 amide bonds. The van der Waals surface area contributed by atoms with Crippen molar-refractivity contribution in [3.8, 4) is 0 Å². The molecule has 8 heteroatoms. The largest absolute Gasteiger partial charge is 0.385 e. The Labute approximate surface area is 165 Å². The quantitative estimate of drug-likeness (QED) is 0.155. The van der Waals surface area contributed by atoms with Gasteiger partial charge in [-0.25, -0.2) is 4.99 Å². The van der Waals surface area contributed by atoms with Gasteiger partial charge in [-0.05, 0) is 24.8 Å². The van der Waals surface area contributed by atoms with Gasteiger partial charge in [-0.3, -0.25) is 10.1 Å². The maximum Gasteiger partial charge on any atom is 0.269 e. The molecule has 1 fully saturated rings. The standard InChI is InChI=1S/C17H26N4O3.HI/c1-24-12-4-11-18-17(20-15-5-2-3-6-15)19-13-14-7-9-16(10-8-14)21(22)23;/h7-10,15H,2-6,11-13H2,1H3,(H2,18,19,20);1H. The second kappa shape index (κ2) is 12.0. The van der Waals surface area contributed by atoms with Crippen LogP contribution >= 0.6 is 24.0 Å². The van der Waals surface area contributed by atoms with Gasteiger partial charge >= 0.3 is 0 Å². The number of nitrogens with one attached hydrogen (secondary N) is 2. The van der Waals surface area contributed by atoms with Gasteiger partial charge < -0.3 is 15.4 Å². The van der Waals surface area contributed by atoms with Gasteiger partial charge in [-0.2, -0.15) is 0 Å². The number of methoxy groups -OCH3 is 1. The summed E-state index contributed by atoms with van der Waals surface area (Å²) in [6.45, 7) is 2.00. The van der Waals surface area contributed by atoms with Crippen molar-refractivity contribution in [3.05, 3.63) is 39.9 Å². The first-order valence-corrected chi connectivity index (χ1v) is 8.46. The summed E-state index contributed by atoms with van der Waals surface area (Å²) in [6, 6.07) is 7.01. The predicted molar refractivity (Wildman–Crippen MR) is 110 cm³/mol. The van der Waals surface area contributed by atoms with Crippen LogP contribution < -0.4 is 10.6 Å². The summed E-state index contributed by atoms with van der Waals surface area (Å²) in [4.78, 5) is 14.9. The van der Waals surface area contributed by atoms with Crippen molar-refractivity contribution in [2.45, 2.75) is 44.7 Å². The van der Waals surface area contributed by atoms with Crippen LogP contribution in [0.2, 0.25) is 0 Å². The molecule has 1 aliphatic rings. The topological polar surface area (TPSA) is 88.8 Å². The molecule has 0 aliphatic heterocycles. The van der Waals surface area contributed by atoms with E-state index in [4.69, 9.17) is 4.74 Å². The fourth-order valence-electron chi connectivity index (χ4n) is 2.73.